The van der Waals surface area contributed by atoms with E-state index >= 15 is 0 Å². The molecule has 3 fully saturated rings. The van der Waals surface area contributed by atoms with Crippen LogP contribution in [0.1, 0.15) is 83.6 Å². The first-order chi connectivity index (χ1) is 14.7. The summed E-state index contributed by atoms with van der Waals surface area (Å²) in [5.41, 5.74) is 5.29. The summed E-state index contributed by atoms with van der Waals surface area (Å²) < 4.78 is 5.72. The molecule has 5 rings (SSSR count). The highest BCUT2D eigenvalue weighted by molar-refractivity contribution is 5.64. The molecule has 160 valence electrons. The van der Waals surface area contributed by atoms with Crippen LogP contribution in [0.2, 0.25) is 0 Å². The van der Waals surface area contributed by atoms with Crippen LogP contribution in [-0.2, 0) is 5.41 Å². The molecule has 1 nitrogen and oxygen atoms in total. The molecule has 2 aromatic carbocycles. The van der Waals surface area contributed by atoms with Crippen LogP contribution in [0.3, 0.4) is 0 Å². The number of unbranched alkanes of at least 4 members (excludes halogenated alkanes) is 2. The van der Waals surface area contributed by atoms with E-state index in [9.17, 15) is 0 Å². The second kappa shape index (κ2) is 9.41. The first-order valence-corrected chi connectivity index (χ1v) is 12.1. The molecule has 3 aliphatic carbocycles. The summed E-state index contributed by atoms with van der Waals surface area (Å²) in [6, 6.07) is 18.0. The van der Waals surface area contributed by atoms with Gasteiger partial charge >= 0.3 is 0 Å². The lowest BCUT2D eigenvalue weighted by atomic mass is 9.51. The van der Waals surface area contributed by atoms with Gasteiger partial charge in [-0.25, -0.2) is 0 Å². The minimum Gasteiger partial charge on any atom is -0.490 e. The number of hydrogen-bond donors (Lipinski definition) is 0. The number of allylic oxidation sites excluding steroid dienone is 1. The lowest BCUT2D eigenvalue weighted by Gasteiger charge is -2.54. The lowest BCUT2D eigenvalue weighted by Crippen LogP contribution is -2.44. The van der Waals surface area contributed by atoms with Crippen LogP contribution in [0, 0.1) is 5.41 Å². The van der Waals surface area contributed by atoms with Crippen LogP contribution in [0.4, 0.5) is 0 Å². The molecule has 0 atom stereocenters. The fourth-order valence-corrected chi connectivity index (χ4v) is 5.82. The van der Waals surface area contributed by atoms with Gasteiger partial charge < -0.3 is 4.74 Å². The Balaban J connectivity index is 1.40. The average Bonchev–Trinajstić information content (AvgIpc) is 2.81. The number of rotatable bonds is 9. The summed E-state index contributed by atoms with van der Waals surface area (Å²) in [5, 5.41) is 0. The lowest BCUT2D eigenvalue weighted by molar-refractivity contribution is 0.0305. The largest absolute Gasteiger partial charge is 0.490 e. The second-order valence-corrected chi connectivity index (χ2v) is 9.72. The van der Waals surface area contributed by atoms with E-state index in [1.54, 1.807) is 5.56 Å². The van der Waals surface area contributed by atoms with Gasteiger partial charge in [0.1, 0.15) is 12.4 Å². The Morgan fingerprint density at radius 1 is 0.800 bits per heavy atom. The zero-order valence-corrected chi connectivity index (χ0v) is 19.0. The number of hydrogen-bond acceptors (Lipinski definition) is 1. The third-order valence-electron chi connectivity index (χ3n) is 7.98. The molecule has 30 heavy (non-hydrogen) atoms. The molecular formula is C29H38O. The summed E-state index contributed by atoms with van der Waals surface area (Å²) >= 11 is 0. The Morgan fingerprint density at radius 2 is 1.40 bits per heavy atom. The fourth-order valence-electron chi connectivity index (χ4n) is 5.82. The van der Waals surface area contributed by atoms with Gasteiger partial charge in [-0.1, -0.05) is 74.7 Å². The average molecular weight is 403 g/mol. The summed E-state index contributed by atoms with van der Waals surface area (Å²) in [6.07, 6.45) is 18.3. The molecule has 2 bridgehead atoms. The molecule has 0 aromatic heterocycles. The molecule has 0 heterocycles. The topological polar surface area (TPSA) is 9.23 Å². The molecule has 0 aliphatic heterocycles. The predicted octanol–water partition coefficient (Wildman–Crippen LogP) is 8.48. The quantitative estimate of drug-likeness (QED) is 0.302. The molecule has 0 spiro atoms. The molecule has 0 radical (unpaired) electrons. The van der Waals surface area contributed by atoms with E-state index in [1.165, 1.54) is 75.3 Å². The maximum atomic E-state index is 5.72. The normalized spacial score (nSPS) is 25.7. The Bertz CT molecular complexity index is 803. The van der Waals surface area contributed by atoms with E-state index in [1.807, 2.05) is 19.1 Å². The van der Waals surface area contributed by atoms with Gasteiger partial charge in [-0.2, -0.15) is 0 Å². The first kappa shape index (κ1) is 21.2. The highest BCUT2D eigenvalue weighted by Gasteiger charge is 2.48. The summed E-state index contributed by atoms with van der Waals surface area (Å²) in [6.45, 7) is 4.97. The van der Waals surface area contributed by atoms with Gasteiger partial charge in [0.2, 0.25) is 0 Å². The highest BCUT2D eigenvalue weighted by Crippen LogP contribution is 2.59. The number of ether oxygens (including phenoxy) is 1. The van der Waals surface area contributed by atoms with E-state index in [0.717, 1.165) is 5.75 Å². The molecule has 2 aromatic rings. The zero-order chi connectivity index (χ0) is 20.9. The summed E-state index contributed by atoms with van der Waals surface area (Å²) in [7, 11) is 0. The van der Waals surface area contributed by atoms with E-state index in [-0.39, 0.29) is 0 Å². The maximum absolute atomic E-state index is 5.72. The summed E-state index contributed by atoms with van der Waals surface area (Å²) in [5.74, 6) is 0.930. The Labute approximate surface area is 183 Å². The molecule has 0 saturated heterocycles. The maximum Gasteiger partial charge on any atom is 0.119 e. The van der Waals surface area contributed by atoms with Crippen molar-refractivity contribution in [3.05, 3.63) is 66.2 Å². The second-order valence-electron chi connectivity index (χ2n) is 9.72. The third-order valence-corrected chi connectivity index (χ3v) is 7.98. The molecule has 0 N–H and O–H groups in total. The van der Waals surface area contributed by atoms with Gasteiger partial charge in [-0.15, -0.1) is 0 Å². The first-order valence-electron chi connectivity index (χ1n) is 12.1. The van der Waals surface area contributed by atoms with Crippen LogP contribution < -0.4 is 4.74 Å². The van der Waals surface area contributed by atoms with Gasteiger partial charge in [-0.05, 0) is 91.5 Å². The third kappa shape index (κ3) is 4.51. The van der Waals surface area contributed by atoms with Gasteiger partial charge in [0.05, 0.1) is 0 Å². The van der Waals surface area contributed by atoms with Crippen molar-refractivity contribution in [3.8, 4) is 16.9 Å². The molecule has 3 saturated carbocycles. The van der Waals surface area contributed by atoms with Crippen molar-refractivity contribution in [2.24, 2.45) is 5.41 Å². The molecule has 3 aliphatic rings. The van der Waals surface area contributed by atoms with Crippen molar-refractivity contribution in [1.82, 2.24) is 0 Å². The molecule has 1 heteroatoms. The van der Waals surface area contributed by atoms with Crippen LogP contribution in [-0.4, -0.2) is 6.61 Å². The Kier molecular flexibility index (Phi) is 6.66. The monoisotopic (exact) mass is 402 g/mol. The van der Waals surface area contributed by atoms with Crippen molar-refractivity contribution in [1.29, 1.82) is 0 Å². The molecule has 0 unspecified atom stereocenters. The van der Waals surface area contributed by atoms with Crippen molar-refractivity contribution >= 4 is 0 Å². The van der Waals surface area contributed by atoms with Gasteiger partial charge in [0.25, 0.3) is 0 Å². The number of benzene rings is 2. The minimum absolute atomic E-state index is 0.454. The zero-order valence-electron chi connectivity index (χ0n) is 19.0. The van der Waals surface area contributed by atoms with E-state index in [0.29, 0.717) is 17.4 Å². The molecular weight excluding hydrogens is 364 g/mol. The fraction of sp³-hybridized carbons (Fsp3) is 0.517. The smallest absolute Gasteiger partial charge is 0.119 e. The minimum atomic E-state index is 0.454. The highest BCUT2D eigenvalue weighted by atomic mass is 16.5. The number of fused-ring (bicyclic) bond motifs is 3. The van der Waals surface area contributed by atoms with Crippen molar-refractivity contribution < 1.29 is 4.74 Å². The van der Waals surface area contributed by atoms with E-state index in [2.05, 4.69) is 55.5 Å². The Hall–Kier alpha value is -2.02. The predicted molar refractivity (Wildman–Crippen MR) is 128 cm³/mol. The van der Waals surface area contributed by atoms with Gasteiger partial charge in [-0.3, -0.25) is 0 Å². The van der Waals surface area contributed by atoms with Crippen molar-refractivity contribution in [2.45, 2.75) is 83.5 Å². The van der Waals surface area contributed by atoms with Crippen LogP contribution in [0.25, 0.3) is 11.1 Å². The Morgan fingerprint density at radius 3 is 1.97 bits per heavy atom. The molecule has 0 amide bonds. The van der Waals surface area contributed by atoms with Crippen LogP contribution in [0.15, 0.2) is 60.7 Å². The van der Waals surface area contributed by atoms with E-state index < -0.39 is 0 Å². The van der Waals surface area contributed by atoms with Gasteiger partial charge in [0, 0.05) is 0 Å². The standard InChI is InChI=1S/C29H38O/c1-3-5-7-16-28-17-20-29(21-18-28,22-19-28)26-12-8-24(9-13-26)25-10-14-27(15-11-25)30-23-6-4-2/h4,6,8-15H,3,5,7,16-23H2,1-2H3/b6-4+. The SMILES string of the molecule is C/C=C/COc1ccc(-c2ccc(C34CCC(CCCCC)(CC3)CC4)cc2)cc1. The van der Waals surface area contributed by atoms with Gasteiger partial charge in [0.15, 0.2) is 0 Å². The van der Waals surface area contributed by atoms with Crippen molar-refractivity contribution in [3.63, 3.8) is 0 Å². The van der Waals surface area contributed by atoms with E-state index in [4.69, 9.17) is 4.74 Å². The van der Waals surface area contributed by atoms with Crippen LogP contribution >= 0.6 is 0 Å². The van der Waals surface area contributed by atoms with Crippen LogP contribution in [0.5, 0.6) is 5.75 Å². The van der Waals surface area contributed by atoms with Crippen molar-refractivity contribution in [2.75, 3.05) is 6.61 Å². The summed E-state index contributed by atoms with van der Waals surface area (Å²) in [4.78, 5) is 0.